The van der Waals surface area contributed by atoms with E-state index in [2.05, 4.69) is 5.32 Å². The Morgan fingerprint density at radius 3 is 2.10 bits per heavy atom. The summed E-state index contributed by atoms with van der Waals surface area (Å²) in [6, 6.07) is 6.22. The van der Waals surface area contributed by atoms with E-state index in [-0.39, 0.29) is 11.6 Å². The molecule has 1 N–H and O–H groups in total. The lowest BCUT2D eigenvalue weighted by atomic mass is 10.00. The Kier molecular flexibility index (Phi) is 6.68. The first-order valence-electron chi connectivity index (χ1n) is 7.22. The van der Waals surface area contributed by atoms with Gasteiger partial charge in [-0.05, 0) is 32.0 Å². The lowest BCUT2D eigenvalue weighted by Crippen LogP contribution is -2.45. The lowest BCUT2D eigenvalue weighted by molar-refractivity contribution is -0.160. The molecule has 0 heterocycles. The van der Waals surface area contributed by atoms with Gasteiger partial charge in [-0.3, -0.25) is 5.32 Å². The molecule has 2 nitrogen and oxygen atoms in total. The summed E-state index contributed by atoms with van der Waals surface area (Å²) in [7, 11) is 3.75. The summed E-state index contributed by atoms with van der Waals surface area (Å²) in [5.74, 6) is 0.340. The van der Waals surface area contributed by atoms with Crippen LogP contribution in [-0.2, 0) is 0 Å². The van der Waals surface area contributed by atoms with Gasteiger partial charge >= 0.3 is 6.18 Å². The molecule has 0 saturated carbocycles. The van der Waals surface area contributed by atoms with Crippen molar-refractivity contribution in [3.8, 4) is 0 Å². The monoisotopic (exact) mass is 302 g/mol. The first-order valence-corrected chi connectivity index (χ1v) is 7.22. The number of hydrogen-bond donors (Lipinski definition) is 1. The molecule has 0 aromatic heterocycles. The van der Waals surface area contributed by atoms with E-state index in [1.165, 1.54) is 12.1 Å². The Hall–Kier alpha value is -1.07. The van der Waals surface area contributed by atoms with Gasteiger partial charge in [0.15, 0.2) is 0 Å². The number of halogens is 3. The molecule has 5 heteroatoms. The second kappa shape index (κ2) is 7.80. The lowest BCUT2D eigenvalue weighted by Gasteiger charge is -2.30. The number of benzene rings is 1. The highest BCUT2D eigenvalue weighted by Gasteiger charge is 2.41. The topological polar surface area (TPSA) is 15.3 Å². The first kappa shape index (κ1) is 18.0. The van der Waals surface area contributed by atoms with E-state index in [4.69, 9.17) is 0 Å². The van der Waals surface area contributed by atoms with Gasteiger partial charge in [0.2, 0.25) is 0 Å². The minimum absolute atomic E-state index is 0.202. The molecule has 0 radical (unpaired) electrons. The van der Waals surface area contributed by atoms with E-state index >= 15 is 0 Å². The summed E-state index contributed by atoms with van der Waals surface area (Å²) in [5, 5.41) is 2.81. The van der Waals surface area contributed by atoms with Gasteiger partial charge in [0, 0.05) is 12.6 Å². The van der Waals surface area contributed by atoms with Crippen molar-refractivity contribution in [1.82, 2.24) is 10.2 Å². The molecule has 1 aromatic rings. The van der Waals surface area contributed by atoms with E-state index in [1.54, 1.807) is 18.2 Å². The Balaban J connectivity index is 2.92. The van der Waals surface area contributed by atoms with Gasteiger partial charge in [-0.1, -0.05) is 44.2 Å². The van der Waals surface area contributed by atoms with Gasteiger partial charge in [-0.2, -0.15) is 13.2 Å². The van der Waals surface area contributed by atoms with Crippen molar-refractivity contribution in [2.24, 2.45) is 5.92 Å². The molecule has 21 heavy (non-hydrogen) atoms. The summed E-state index contributed by atoms with van der Waals surface area (Å²) in [5.41, 5.74) is 0.262. The standard InChI is InChI=1S/C16H25F3N2/c1-12(2)10-14(11-21(3)4)20-15(16(17,18)19)13-8-6-5-7-9-13/h5-9,12,14-15,20H,10-11H2,1-4H3. The van der Waals surface area contributed by atoms with Crippen molar-refractivity contribution in [2.75, 3.05) is 20.6 Å². The first-order chi connectivity index (χ1) is 9.70. The van der Waals surface area contributed by atoms with Crippen molar-refractivity contribution in [3.63, 3.8) is 0 Å². The van der Waals surface area contributed by atoms with E-state index in [9.17, 15) is 13.2 Å². The van der Waals surface area contributed by atoms with E-state index < -0.39 is 12.2 Å². The predicted molar refractivity (Wildman–Crippen MR) is 80.2 cm³/mol. The van der Waals surface area contributed by atoms with Gasteiger partial charge in [0.05, 0.1) is 0 Å². The minimum atomic E-state index is -4.30. The van der Waals surface area contributed by atoms with Crippen LogP contribution in [0.2, 0.25) is 0 Å². The number of hydrogen-bond acceptors (Lipinski definition) is 2. The quantitative estimate of drug-likeness (QED) is 0.823. The van der Waals surface area contributed by atoms with E-state index in [0.29, 0.717) is 18.9 Å². The van der Waals surface area contributed by atoms with Crippen LogP contribution in [-0.4, -0.2) is 37.8 Å². The molecule has 2 atom stereocenters. The molecular formula is C16H25F3N2. The number of nitrogens with zero attached hydrogens (tertiary/aromatic N) is 1. The third-order valence-electron chi connectivity index (χ3n) is 3.20. The Bertz CT molecular complexity index is 392. The molecule has 0 bridgehead atoms. The van der Waals surface area contributed by atoms with Crippen molar-refractivity contribution in [2.45, 2.75) is 38.5 Å². The molecule has 0 aliphatic rings. The summed E-state index contributed by atoms with van der Waals surface area (Å²) < 4.78 is 40.1. The second-order valence-corrected chi connectivity index (χ2v) is 6.14. The summed E-state index contributed by atoms with van der Waals surface area (Å²) in [4.78, 5) is 1.92. The number of alkyl halides is 3. The number of likely N-dealkylation sites (N-methyl/N-ethyl adjacent to an activating group) is 1. The van der Waals surface area contributed by atoms with Crippen LogP contribution in [0.5, 0.6) is 0 Å². The number of nitrogens with one attached hydrogen (secondary N) is 1. The molecule has 0 aliphatic heterocycles. The van der Waals surface area contributed by atoms with E-state index in [0.717, 1.165) is 0 Å². The van der Waals surface area contributed by atoms with Crippen molar-refractivity contribution in [1.29, 1.82) is 0 Å². The average molecular weight is 302 g/mol. The van der Waals surface area contributed by atoms with Crippen molar-refractivity contribution < 1.29 is 13.2 Å². The highest BCUT2D eigenvalue weighted by Crippen LogP contribution is 2.33. The Labute approximate surface area is 125 Å². The fraction of sp³-hybridized carbons (Fsp3) is 0.625. The molecule has 0 fully saturated rings. The largest absolute Gasteiger partial charge is 0.407 e. The maximum Gasteiger partial charge on any atom is 0.407 e. The van der Waals surface area contributed by atoms with Crippen molar-refractivity contribution >= 4 is 0 Å². The maximum absolute atomic E-state index is 13.4. The van der Waals surface area contributed by atoms with Gasteiger partial charge in [-0.15, -0.1) is 0 Å². The maximum atomic E-state index is 13.4. The molecule has 2 unspecified atom stereocenters. The van der Waals surface area contributed by atoms with Crippen LogP contribution in [0.15, 0.2) is 30.3 Å². The highest BCUT2D eigenvalue weighted by atomic mass is 19.4. The van der Waals surface area contributed by atoms with Crippen LogP contribution >= 0.6 is 0 Å². The van der Waals surface area contributed by atoms with Gasteiger partial charge in [0.25, 0.3) is 0 Å². The fourth-order valence-electron chi connectivity index (χ4n) is 2.47. The molecule has 1 rings (SSSR count). The van der Waals surface area contributed by atoms with Crippen molar-refractivity contribution in [3.05, 3.63) is 35.9 Å². The van der Waals surface area contributed by atoms with E-state index in [1.807, 2.05) is 32.8 Å². The Morgan fingerprint density at radius 2 is 1.67 bits per heavy atom. The molecular weight excluding hydrogens is 277 g/mol. The molecule has 0 amide bonds. The summed E-state index contributed by atoms with van der Waals surface area (Å²) >= 11 is 0. The van der Waals surface area contributed by atoms with Crippen LogP contribution in [0.3, 0.4) is 0 Å². The zero-order chi connectivity index (χ0) is 16.0. The van der Waals surface area contributed by atoms with Crippen LogP contribution in [0.25, 0.3) is 0 Å². The zero-order valence-corrected chi connectivity index (χ0v) is 13.1. The van der Waals surface area contributed by atoms with Crippen LogP contribution in [0.1, 0.15) is 31.9 Å². The SMILES string of the molecule is CC(C)CC(CN(C)C)NC(c1ccccc1)C(F)(F)F. The number of rotatable bonds is 7. The minimum Gasteiger partial charge on any atom is -0.308 e. The third kappa shape index (κ3) is 6.48. The normalized spacial score (nSPS) is 15.5. The van der Waals surface area contributed by atoms with Gasteiger partial charge < -0.3 is 4.90 Å². The summed E-state index contributed by atoms with van der Waals surface area (Å²) in [6.45, 7) is 4.63. The molecule has 0 saturated heterocycles. The average Bonchev–Trinajstić information content (AvgIpc) is 2.34. The third-order valence-corrected chi connectivity index (χ3v) is 3.20. The van der Waals surface area contributed by atoms with Gasteiger partial charge in [-0.25, -0.2) is 0 Å². The van der Waals surface area contributed by atoms with Crippen LogP contribution in [0, 0.1) is 5.92 Å². The van der Waals surface area contributed by atoms with Gasteiger partial charge in [0.1, 0.15) is 6.04 Å². The Morgan fingerprint density at radius 1 is 1.10 bits per heavy atom. The second-order valence-electron chi connectivity index (χ2n) is 6.14. The molecule has 0 spiro atoms. The molecule has 1 aromatic carbocycles. The smallest absolute Gasteiger partial charge is 0.308 e. The summed E-state index contributed by atoms with van der Waals surface area (Å²) in [6.07, 6.45) is -3.60. The van der Waals surface area contributed by atoms with Crippen LogP contribution < -0.4 is 5.32 Å². The molecule has 120 valence electrons. The molecule has 0 aliphatic carbocycles. The predicted octanol–water partition coefficient (Wildman–Crippen LogP) is 3.86. The highest BCUT2D eigenvalue weighted by molar-refractivity contribution is 5.20. The fourth-order valence-corrected chi connectivity index (χ4v) is 2.47. The zero-order valence-electron chi connectivity index (χ0n) is 13.1. The van der Waals surface area contributed by atoms with Crippen LogP contribution in [0.4, 0.5) is 13.2 Å².